The van der Waals surface area contributed by atoms with Gasteiger partial charge in [0.1, 0.15) is 0 Å². The molecule has 0 aromatic heterocycles. The number of hydrogen-bond acceptors (Lipinski definition) is 0. The van der Waals surface area contributed by atoms with Crippen LogP contribution in [-0.4, -0.2) is 0 Å². The summed E-state index contributed by atoms with van der Waals surface area (Å²) in [6.45, 7) is -4.44. The van der Waals surface area contributed by atoms with Crippen LogP contribution in [0.4, 0.5) is 0 Å². The second-order valence-electron chi connectivity index (χ2n) is 1.69. The Hall–Kier alpha value is -0.300. The highest BCUT2D eigenvalue weighted by Gasteiger charge is 1.90. The molecule has 0 unspecified atom stereocenters. The minimum atomic E-state index is -2.23. The Morgan fingerprint density at radius 2 is 2.33 bits per heavy atom. The van der Waals surface area contributed by atoms with Crippen molar-refractivity contribution in [2.24, 2.45) is 0 Å². The van der Waals surface area contributed by atoms with Crippen LogP contribution in [0.1, 0.15) is 19.4 Å². The van der Waals surface area contributed by atoms with Crippen LogP contribution in [0.25, 0.3) is 0 Å². The van der Waals surface area contributed by atoms with Crippen LogP contribution in [-0.2, 0) is 0 Å². The molecule has 1 heteroatoms. The minimum Gasteiger partial charge on any atom is -0.0590 e. The minimum absolute atomic E-state index is 0.121. The maximum absolute atomic E-state index is 7.20. The van der Waals surface area contributed by atoms with E-state index in [0.717, 1.165) is 0 Å². The Bertz CT molecular complexity index is 364. The van der Waals surface area contributed by atoms with E-state index in [1.54, 1.807) is 0 Å². The highest BCUT2D eigenvalue weighted by atomic mass is 79.9. The van der Waals surface area contributed by atoms with Gasteiger partial charge in [0.05, 0.1) is 0 Å². The normalized spacial score (nSPS) is 22.3. The quantitative estimate of drug-likeness (QED) is 0.591. The first-order valence-electron chi connectivity index (χ1n) is 5.43. The third kappa shape index (κ3) is 1.55. The van der Waals surface area contributed by atoms with E-state index in [1.165, 1.54) is 18.2 Å². The lowest BCUT2D eigenvalue weighted by Gasteiger charge is -1.96. The van der Waals surface area contributed by atoms with E-state index in [0.29, 0.717) is 4.47 Å². The van der Waals surface area contributed by atoms with Crippen molar-refractivity contribution in [3.05, 3.63) is 33.8 Å². The largest absolute Gasteiger partial charge is 0.0590 e. The molecule has 0 atom stereocenters. The topological polar surface area (TPSA) is 0 Å². The summed E-state index contributed by atoms with van der Waals surface area (Å²) in [5.74, 6) is 0. The Kier molecular flexibility index (Phi) is 0.670. The van der Waals surface area contributed by atoms with Gasteiger partial charge in [-0.2, -0.15) is 0 Å². The van der Waals surface area contributed by atoms with Gasteiger partial charge >= 0.3 is 0 Å². The van der Waals surface area contributed by atoms with Gasteiger partial charge in [-0.25, -0.2) is 0 Å². The molecule has 0 saturated carbocycles. The average Bonchev–Trinajstić information content (AvgIpc) is 1.99. The van der Waals surface area contributed by atoms with Crippen molar-refractivity contribution in [2.45, 2.75) is 13.7 Å². The molecular formula is C8H9Br. The number of benzene rings is 1. The van der Waals surface area contributed by atoms with Crippen LogP contribution in [0.3, 0.4) is 0 Å². The van der Waals surface area contributed by atoms with Crippen LogP contribution in [0.2, 0.25) is 0 Å². The molecule has 48 valence electrons. The van der Waals surface area contributed by atoms with Crippen molar-refractivity contribution in [3.63, 3.8) is 0 Å². The van der Waals surface area contributed by atoms with E-state index in [4.69, 9.17) is 8.22 Å². The van der Waals surface area contributed by atoms with Gasteiger partial charge in [-0.15, -0.1) is 0 Å². The van der Waals surface area contributed by atoms with Crippen molar-refractivity contribution in [2.75, 3.05) is 0 Å². The lowest BCUT2D eigenvalue weighted by Crippen LogP contribution is -1.75. The van der Waals surface area contributed by atoms with Gasteiger partial charge in [0, 0.05) is 12.7 Å². The summed E-state index contributed by atoms with van der Waals surface area (Å²) in [5, 5.41) is 0. The third-order valence-corrected chi connectivity index (χ3v) is 1.63. The maximum Gasteiger partial charge on any atom is 0.0280 e. The molecule has 0 N–H and O–H groups in total. The number of halogens is 1. The lowest BCUT2D eigenvalue weighted by molar-refractivity contribution is 1.37. The third-order valence-electron chi connectivity index (χ3n) is 0.969. The Morgan fingerprint density at radius 3 is 2.89 bits per heavy atom. The molecule has 0 fully saturated rings. The van der Waals surface area contributed by atoms with Crippen molar-refractivity contribution < 1.29 is 8.22 Å². The van der Waals surface area contributed by atoms with E-state index in [9.17, 15) is 0 Å². The van der Waals surface area contributed by atoms with Gasteiger partial charge < -0.3 is 0 Å². The molecule has 9 heavy (non-hydrogen) atoms. The van der Waals surface area contributed by atoms with Crippen LogP contribution in [0.5, 0.6) is 0 Å². The van der Waals surface area contributed by atoms with Crippen molar-refractivity contribution in [1.82, 2.24) is 0 Å². The molecule has 0 saturated heterocycles. The van der Waals surface area contributed by atoms with E-state index < -0.39 is 13.7 Å². The zero-order chi connectivity index (χ0) is 11.9. The first-order chi connectivity index (χ1) is 6.62. The van der Waals surface area contributed by atoms with Crippen LogP contribution < -0.4 is 0 Å². The van der Waals surface area contributed by atoms with Gasteiger partial charge in [-0.3, -0.25) is 0 Å². The van der Waals surface area contributed by atoms with Crippen LogP contribution in [0.15, 0.2) is 22.7 Å². The molecule has 1 aromatic rings. The van der Waals surface area contributed by atoms with E-state index >= 15 is 0 Å². The lowest BCUT2D eigenvalue weighted by atomic mass is 10.2. The summed E-state index contributed by atoms with van der Waals surface area (Å²) in [4.78, 5) is 0. The number of aryl methyl sites for hydroxylation is 2. The van der Waals surface area contributed by atoms with Crippen molar-refractivity contribution in [3.8, 4) is 0 Å². The summed E-state index contributed by atoms with van der Waals surface area (Å²) >= 11 is 3.07. The molecule has 0 aliphatic rings. The zero-order valence-corrected chi connectivity index (χ0v) is 6.20. The molecule has 0 radical (unpaired) electrons. The summed E-state index contributed by atoms with van der Waals surface area (Å²) in [6.07, 6.45) is 0. The molecule has 1 aromatic carbocycles. The molecule has 0 spiro atoms. The number of rotatable bonds is 0. The first kappa shape index (κ1) is 2.39. The predicted octanol–water partition coefficient (Wildman–Crippen LogP) is 3.07. The fraction of sp³-hybridized carbons (Fsp3) is 0.250. The second kappa shape index (κ2) is 2.53. The number of hydrogen-bond donors (Lipinski definition) is 0. The van der Waals surface area contributed by atoms with E-state index in [2.05, 4.69) is 15.9 Å². The van der Waals surface area contributed by atoms with Crippen LogP contribution in [0, 0.1) is 13.7 Å². The highest BCUT2D eigenvalue weighted by molar-refractivity contribution is 9.10. The zero-order valence-electron chi connectivity index (χ0n) is 10.6. The fourth-order valence-corrected chi connectivity index (χ4v) is 0.894. The Morgan fingerprint density at radius 1 is 1.44 bits per heavy atom. The molecule has 0 bridgehead atoms. The summed E-state index contributed by atoms with van der Waals surface area (Å²) < 4.78 is 43.4. The van der Waals surface area contributed by atoms with Gasteiger partial charge in [0.15, 0.2) is 0 Å². The van der Waals surface area contributed by atoms with Gasteiger partial charge in [0.2, 0.25) is 0 Å². The monoisotopic (exact) mass is 190 g/mol. The fourth-order valence-electron chi connectivity index (χ4n) is 0.515. The van der Waals surface area contributed by atoms with E-state index in [1.807, 2.05) is 0 Å². The van der Waals surface area contributed by atoms with E-state index in [-0.39, 0.29) is 11.1 Å². The summed E-state index contributed by atoms with van der Waals surface area (Å²) in [5.41, 5.74) is 0.248. The Labute approximate surface area is 72.5 Å². The second-order valence-corrected chi connectivity index (χ2v) is 2.55. The molecule has 0 heterocycles. The predicted molar refractivity (Wildman–Crippen MR) is 43.6 cm³/mol. The molecule has 0 nitrogen and oxygen atoms in total. The smallest absolute Gasteiger partial charge is 0.0280 e. The summed E-state index contributed by atoms with van der Waals surface area (Å²) in [6, 6.07) is 3.97. The molecule has 1 rings (SSSR count). The first-order valence-corrected chi connectivity index (χ1v) is 3.22. The summed E-state index contributed by atoms with van der Waals surface area (Å²) in [7, 11) is 0. The van der Waals surface area contributed by atoms with Gasteiger partial charge in [-0.05, 0) is 30.9 Å². The average molecular weight is 191 g/mol. The molecular weight excluding hydrogens is 176 g/mol. The highest BCUT2D eigenvalue weighted by Crippen LogP contribution is 2.16. The van der Waals surface area contributed by atoms with Crippen molar-refractivity contribution in [1.29, 1.82) is 0 Å². The van der Waals surface area contributed by atoms with Crippen molar-refractivity contribution >= 4 is 15.9 Å². The SMILES string of the molecule is [2H]C([2H])([2H])c1ccc(C([2H])([2H])[2H])c(Br)c1. The molecule has 0 aliphatic carbocycles. The Balaban J connectivity index is 3.21. The molecule has 0 amide bonds. The molecule has 0 aliphatic heterocycles. The van der Waals surface area contributed by atoms with Crippen LogP contribution >= 0.6 is 15.9 Å². The van der Waals surface area contributed by atoms with Gasteiger partial charge in [0.25, 0.3) is 0 Å². The van der Waals surface area contributed by atoms with Gasteiger partial charge in [-0.1, -0.05) is 28.1 Å². The maximum atomic E-state index is 7.20. The standard InChI is InChI=1S/C8H9Br/c1-6-3-4-7(2)8(9)5-6/h3-5H,1-2H3/i1D3,2D3.